The quantitative estimate of drug-likeness (QED) is 0.900. The first-order valence-electron chi connectivity index (χ1n) is 7.70. The fourth-order valence-corrected chi connectivity index (χ4v) is 3.05. The van der Waals surface area contributed by atoms with E-state index < -0.39 is 11.9 Å². The smallest absolute Gasteiger partial charge is 0.317 e. The zero-order chi connectivity index (χ0) is 16.4. The van der Waals surface area contributed by atoms with Gasteiger partial charge in [0.15, 0.2) is 0 Å². The summed E-state index contributed by atoms with van der Waals surface area (Å²) in [5.41, 5.74) is 1.78. The summed E-state index contributed by atoms with van der Waals surface area (Å²) in [4.78, 5) is 29.3. The second-order valence-corrected chi connectivity index (χ2v) is 6.17. The number of likely N-dealkylation sites (tertiary alicyclic amines) is 1. The van der Waals surface area contributed by atoms with Crippen molar-refractivity contribution in [3.8, 4) is 0 Å². The third-order valence-electron chi connectivity index (χ3n) is 4.20. The molecule has 0 saturated carbocycles. The van der Waals surface area contributed by atoms with E-state index >= 15 is 0 Å². The molecule has 7 nitrogen and oxygen atoms in total. The number of hydrogen-bond donors (Lipinski definition) is 2. The van der Waals surface area contributed by atoms with Gasteiger partial charge in [0, 0.05) is 38.2 Å². The lowest BCUT2D eigenvalue weighted by Crippen LogP contribution is -2.49. The first kappa shape index (κ1) is 15.3. The maximum atomic E-state index is 12.3. The van der Waals surface area contributed by atoms with Crippen LogP contribution in [0.1, 0.15) is 18.9 Å². The number of aliphatic carboxylic acids is 1. The summed E-state index contributed by atoms with van der Waals surface area (Å²) in [6.07, 6.45) is 6.10. The first-order chi connectivity index (χ1) is 11.0. The molecular formula is C16H20N4O3. The van der Waals surface area contributed by atoms with Crippen LogP contribution >= 0.6 is 0 Å². The highest BCUT2D eigenvalue weighted by Gasteiger charge is 2.31. The predicted octanol–water partition coefficient (Wildman–Crippen LogP) is 1.59. The highest BCUT2D eigenvalue weighted by Crippen LogP contribution is 2.21. The number of carboxylic acids is 1. The van der Waals surface area contributed by atoms with Gasteiger partial charge < -0.3 is 19.7 Å². The molecule has 0 aliphatic carbocycles. The zero-order valence-corrected chi connectivity index (χ0v) is 13.0. The Labute approximate surface area is 133 Å². The maximum absolute atomic E-state index is 12.3. The molecule has 2 aromatic rings. The molecule has 0 bridgehead atoms. The minimum absolute atomic E-state index is 0.192. The Balaban J connectivity index is 1.60. The third kappa shape index (κ3) is 3.44. The van der Waals surface area contributed by atoms with Crippen molar-refractivity contribution in [2.24, 2.45) is 11.8 Å². The largest absolute Gasteiger partial charge is 0.481 e. The van der Waals surface area contributed by atoms with Crippen LogP contribution in [0, 0.1) is 11.8 Å². The van der Waals surface area contributed by atoms with E-state index in [1.54, 1.807) is 11.1 Å². The monoisotopic (exact) mass is 316 g/mol. The molecule has 1 fully saturated rings. The van der Waals surface area contributed by atoms with Crippen molar-refractivity contribution < 1.29 is 14.7 Å². The van der Waals surface area contributed by atoms with Crippen LogP contribution in [0.5, 0.6) is 0 Å². The van der Waals surface area contributed by atoms with E-state index in [0.717, 1.165) is 11.2 Å². The van der Waals surface area contributed by atoms with E-state index in [0.29, 0.717) is 19.5 Å². The minimum Gasteiger partial charge on any atom is -0.481 e. The summed E-state index contributed by atoms with van der Waals surface area (Å²) in [5.74, 6) is -1.12. The van der Waals surface area contributed by atoms with Crippen molar-refractivity contribution in [2.75, 3.05) is 13.1 Å². The number of nitrogens with one attached hydrogen (secondary N) is 1. The number of aromatic nitrogens is 2. The minimum atomic E-state index is -0.834. The fourth-order valence-electron chi connectivity index (χ4n) is 3.05. The molecule has 1 saturated heterocycles. The SMILES string of the molecule is CC1CC(C(=O)O)CN(C(=O)NCc2ccn3ccnc3c2)C1. The Bertz CT molecular complexity index is 727. The third-order valence-corrected chi connectivity index (χ3v) is 4.20. The van der Waals surface area contributed by atoms with Gasteiger partial charge in [0.2, 0.25) is 0 Å². The molecule has 2 amide bonds. The number of carbonyl (C=O) groups is 2. The van der Waals surface area contributed by atoms with E-state index in [4.69, 9.17) is 0 Å². The van der Waals surface area contributed by atoms with Crippen LogP contribution in [-0.4, -0.2) is 44.5 Å². The summed E-state index contributed by atoms with van der Waals surface area (Å²) < 4.78 is 1.90. The van der Waals surface area contributed by atoms with Crippen molar-refractivity contribution >= 4 is 17.6 Å². The van der Waals surface area contributed by atoms with Gasteiger partial charge in [-0.05, 0) is 30.0 Å². The van der Waals surface area contributed by atoms with Crippen LogP contribution in [0.4, 0.5) is 4.79 Å². The Morgan fingerprint density at radius 1 is 1.39 bits per heavy atom. The van der Waals surface area contributed by atoms with Gasteiger partial charge in [0.1, 0.15) is 5.65 Å². The van der Waals surface area contributed by atoms with Crippen LogP contribution in [0.25, 0.3) is 5.65 Å². The van der Waals surface area contributed by atoms with Gasteiger partial charge in [-0.25, -0.2) is 9.78 Å². The number of fused-ring (bicyclic) bond motifs is 1. The Kier molecular flexibility index (Phi) is 4.18. The fraction of sp³-hybridized carbons (Fsp3) is 0.438. The van der Waals surface area contributed by atoms with Gasteiger partial charge in [-0.1, -0.05) is 6.92 Å². The topological polar surface area (TPSA) is 86.9 Å². The number of nitrogens with zero attached hydrogens (tertiary/aromatic N) is 3. The molecule has 3 heterocycles. The lowest BCUT2D eigenvalue weighted by atomic mass is 9.91. The molecular weight excluding hydrogens is 296 g/mol. The number of imidazole rings is 1. The summed E-state index contributed by atoms with van der Waals surface area (Å²) in [5, 5.41) is 12.0. The number of piperidine rings is 1. The lowest BCUT2D eigenvalue weighted by Gasteiger charge is -2.34. The van der Waals surface area contributed by atoms with Crippen LogP contribution in [0.15, 0.2) is 30.7 Å². The number of amides is 2. The van der Waals surface area contributed by atoms with Crippen LogP contribution < -0.4 is 5.32 Å². The summed E-state index contributed by atoms with van der Waals surface area (Å²) in [6, 6.07) is 3.62. The normalized spacial score (nSPS) is 21.3. The van der Waals surface area contributed by atoms with E-state index in [1.807, 2.05) is 35.9 Å². The number of urea groups is 1. The van der Waals surface area contributed by atoms with Gasteiger partial charge in [0.25, 0.3) is 0 Å². The summed E-state index contributed by atoms with van der Waals surface area (Å²) in [6.45, 7) is 3.23. The number of rotatable bonds is 3. The van der Waals surface area contributed by atoms with E-state index in [-0.39, 0.29) is 18.5 Å². The Morgan fingerprint density at radius 2 is 2.22 bits per heavy atom. The van der Waals surface area contributed by atoms with Gasteiger partial charge in [-0.3, -0.25) is 4.79 Å². The second-order valence-electron chi connectivity index (χ2n) is 6.17. The molecule has 0 radical (unpaired) electrons. The molecule has 1 aliphatic heterocycles. The van der Waals surface area contributed by atoms with E-state index in [2.05, 4.69) is 10.3 Å². The second kappa shape index (κ2) is 6.28. The molecule has 122 valence electrons. The van der Waals surface area contributed by atoms with Gasteiger partial charge >= 0.3 is 12.0 Å². The average Bonchev–Trinajstić information content (AvgIpc) is 2.99. The van der Waals surface area contributed by atoms with Gasteiger partial charge in [0.05, 0.1) is 5.92 Å². The Morgan fingerprint density at radius 3 is 3.00 bits per heavy atom. The lowest BCUT2D eigenvalue weighted by molar-refractivity contribution is -0.143. The first-order valence-corrected chi connectivity index (χ1v) is 7.70. The van der Waals surface area contributed by atoms with Crippen molar-refractivity contribution in [3.05, 3.63) is 36.3 Å². The van der Waals surface area contributed by atoms with Crippen molar-refractivity contribution in [1.82, 2.24) is 19.6 Å². The van der Waals surface area contributed by atoms with Crippen LogP contribution in [0.2, 0.25) is 0 Å². The van der Waals surface area contributed by atoms with Gasteiger partial charge in [-0.15, -0.1) is 0 Å². The van der Waals surface area contributed by atoms with Crippen molar-refractivity contribution in [1.29, 1.82) is 0 Å². The molecule has 2 unspecified atom stereocenters. The number of carbonyl (C=O) groups excluding carboxylic acids is 1. The van der Waals surface area contributed by atoms with Crippen molar-refractivity contribution in [3.63, 3.8) is 0 Å². The number of pyridine rings is 1. The number of carboxylic acid groups (broad SMARTS) is 1. The average molecular weight is 316 g/mol. The predicted molar refractivity (Wildman–Crippen MR) is 83.9 cm³/mol. The molecule has 2 N–H and O–H groups in total. The summed E-state index contributed by atoms with van der Waals surface area (Å²) in [7, 11) is 0. The Hall–Kier alpha value is -2.57. The zero-order valence-electron chi connectivity index (χ0n) is 13.0. The van der Waals surface area contributed by atoms with Crippen LogP contribution in [-0.2, 0) is 11.3 Å². The number of hydrogen-bond acceptors (Lipinski definition) is 3. The molecule has 1 aliphatic rings. The highest BCUT2D eigenvalue weighted by molar-refractivity contribution is 5.76. The molecule has 3 rings (SSSR count). The molecule has 0 aromatic carbocycles. The molecule has 2 aromatic heterocycles. The van der Waals surface area contributed by atoms with Crippen LogP contribution in [0.3, 0.4) is 0 Å². The molecule has 7 heteroatoms. The van der Waals surface area contributed by atoms with Gasteiger partial charge in [-0.2, -0.15) is 0 Å². The standard InChI is InChI=1S/C16H20N4O3/c1-11-6-13(15(21)22)10-20(9-11)16(23)18-8-12-2-4-19-5-3-17-14(19)7-12/h2-5,7,11,13H,6,8-10H2,1H3,(H,18,23)(H,21,22). The van der Waals surface area contributed by atoms with E-state index in [1.165, 1.54) is 0 Å². The summed E-state index contributed by atoms with van der Waals surface area (Å²) >= 11 is 0. The molecule has 2 atom stereocenters. The van der Waals surface area contributed by atoms with Crippen molar-refractivity contribution in [2.45, 2.75) is 19.9 Å². The van der Waals surface area contributed by atoms with E-state index in [9.17, 15) is 14.7 Å². The molecule has 0 spiro atoms. The highest BCUT2D eigenvalue weighted by atomic mass is 16.4. The molecule has 23 heavy (non-hydrogen) atoms. The maximum Gasteiger partial charge on any atom is 0.317 e.